The summed E-state index contributed by atoms with van der Waals surface area (Å²) in [6, 6.07) is 19.0. The number of hydrogen-bond acceptors (Lipinski definition) is 4. The van der Waals surface area contributed by atoms with Gasteiger partial charge in [-0.25, -0.2) is 4.98 Å². The summed E-state index contributed by atoms with van der Waals surface area (Å²) < 4.78 is 5.71. The van der Waals surface area contributed by atoms with Crippen LogP contribution in [0.3, 0.4) is 0 Å². The molecule has 1 N–H and O–H groups in total. The van der Waals surface area contributed by atoms with Gasteiger partial charge in [-0.1, -0.05) is 60.7 Å². The van der Waals surface area contributed by atoms with Gasteiger partial charge in [0, 0.05) is 11.1 Å². The fourth-order valence-electron chi connectivity index (χ4n) is 2.14. The summed E-state index contributed by atoms with van der Waals surface area (Å²) in [5.74, 6) is -0.473. The number of benzene rings is 2. The predicted molar refractivity (Wildman–Crippen MR) is 93.9 cm³/mol. The van der Waals surface area contributed by atoms with Gasteiger partial charge in [0.15, 0.2) is 11.0 Å². The monoisotopic (exact) mass is 335 g/mol. The quantitative estimate of drug-likeness (QED) is 0.566. The Morgan fingerprint density at radius 2 is 1.52 bits per heavy atom. The number of thiol groups is 1. The first-order chi connectivity index (χ1) is 10.7. The molecule has 0 saturated carbocycles. The molecule has 0 aliphatic carbocycles. The van der Waals surface area contributed by atoms with Crippen molar-refractivity contribution < 1.29 is 14.3 Å². The fraction of sp³-hybridized carbons (Fsp3) is 0.0588. The van der Waals surface area contributed by atoms with Gasteiger partial charge in [0.2, 0.25) is 5.89 Å². The molecule has 0 amide bonds. The van der Waals surface area contributed by atoms with Crippen molar-refractivity contribution in [1.82, 2.24) is 4.98 Å². The first kappa shape index (κ1) is 17.8. The average molecular weight is 335 g/mol. The fourth-order valence-corrected chi connectivity index (χ4v) is 2.25. The second-order valence-corrected chi connectivity index (χ2v) is 5.22. The summed E-state index contributed by atoms with van der Waals surface area (Å²) in [5.41, 5.74) is 2.32. The predicted octanol–water partition coefficient (Wildman–Crippen LogP) is 3.42. The van der Waals surface area contributed by atoms with Gasteiger partial charge in [-0.3, -0.25) is 4.79 Å². The Balaban J connectivity index is 0.00000192. The maximum atomic E-state index is 11.1. The number of carboxylic acids is 1. The van der Waals surface area contributed by atoms with Crippen molar-refractivity contribution in [2.24, 2.45) is 0 Å². The van der Waals surface area contributed by atoms with Gasteiger partial charge in [-0.05, 0) is 0 Å². The van der Waals surface area contributed by atoms with E-state index >= 15 is 0 Å². The molecule has 3 rings (SSSR count). The third kappa shape index (κ3) is 3.87. The molecule has 23 heavy (non-hydrogen) atoms. The SMILES string of the molecule is O=C(O)C(S)c1nc(-c2ccccc2)c(-c2ccccc2)o1.[NaH]. The summed E-state index contributed by atoms with van der Waals surface area (Å²) in [4.78, 5) is 15.5. The molecule has 6 heteroatoms. The van der Waals surface area contributed by atoms with Crippen LogP contribution in [-0.4, -0.2) is 45.6 Å². The molecule has 0 aliphatic rings. The number of nitrogens with zero attached hydrogens (tertiary/aromatic N) is 1. The Labute approximate surface area is 161 Å². The molecule has 1 heterocycles. The summed E-state index contributed by atoms with van der Waals surface area (Å²) in [6.07, 6.45) is 0. The zero-order chi connectivity index (χ0) is 15.5. The first-order valence-electron chi connectivity index (χ1n) is 6.69. The Morgan fingerprint density at radius 3 is 2.04 bits per heavy atom. The molecular weight excluding hydrogens is 321 g/mol. The molecule has 0 saturated heterocycles. The van der Waals surface area contributed by atoms with Crippen LogP contribution in [0.4, 0.5) is 0 Å². The van der Waals surface area contributed by atoms with E-state index in [-0.39, 0.29) is 35.4 Å². The van der Waals surface area contributed by atoms with Crippen LogP contribution in [0.15, 0.2) is 65.1 Å². The number of carboxylic acid groups (broad SMARTS) is 1. The van der Waals surface area contributed by atoms with Crippen molar-refractivity contribution in [2.45, 2.75) is 5.25 Å². The van der Waals surface area contributed by atoms with Gasteiger partial charge in [0.25, 0.3) is 0 Å². The van der Waals surface area contributed by atoms with E-state index in [4.69, 9.17) is 9.52 Å². The van der Waals surface area contributed by atoms with Crippen LogP contribution in [0.2, 0.25) is 0 Å². The molecule has 0 bridgehead atoms. The van der Waals surface area contributed by atoms with Crippen molar-refractivity contribution in [2.75, 3.05) is 0 Å². The molecule has 1 aromatic heterocycles. The summed E-state index contributed by atoms with van der Waals surface area (Å²) in [5, 5.41) is 8.00. The van der Waals surface area contributed by atoms with Crippen molar-refractivity contribution in [1.29, 1.82) is 0 Å². The standard InChI is InChI=1S/C17H13NO3S.Na.H/c19-17(20)15(22)16-18-13(11-7-3-1-4-8-11)14(21-16)12-9-5-2-6-10-12;;/h1-10,15,22H,(H,19,20);;. The number of carbonyl (C=O) groups is 1. The van der Waals surface area contributed by atoms with E-state index in [1.54, 1.807) is 0 Å². The number of rotatable bonds is 4. The van der Waals surface area contributed by atoms with Crippen molar-refractivity contribution >= 4 is 48.2 Å². The van der Waals surface area contributed by atoms with Crippen molar-refractivity contribution in [3.8, 4) is 22.6 Å². The van der Waals surface area contributed by atoms with Crippen molar-refractivity contribution in [3.63, 3.8) is 0 Å². The average Bonchev–Trinajstić information content (AvgIpc) is 3.01. The Kier molecular flexibility index (Phi) is 6.07. The van der Waals surface area contributed by atoms with E-state index in [1.165, 1.54) is 0 Å². The van der Waals surface area contributed by atoms with Crippen LogP contribution < -0.4 is 0 Å². The molecule has 1 atom stereocenters. The Morgan fingerprint density at radius 1 is 1.00 bits per heavy atom. The first-order valence-corrected chi connectivity index (χ1v) is 7.21. The van der Waals surface area contributed by atoms with E-state index in [1.807, 2.05) is 60.7 Å². The van der Waals surface area contributed by atoms with E-state index in [9.17, 15) is 4.79 Å². The number of oxazole rings is 1. The van der Waals surface area contributed by atoms with Gasteiger partial charge in [0.05, 0.1) is 0 Å². The topological polar surface area (TPSA) is 63.3 Å². The van der Waals surface area contributed by atoms with E-state index in [2.05, 4.69) is 17.6 Å². The maximum absolute atomic E-state index is 11.1. The van der Waals surface area contributed by atoms with Gasteiger partial charge in [-0.2, -0.15) is 12.6 Å². The van der Waals surface area contributed by atoms with Crippen LogP contribution in [0.5, 0.6) is 0 Å². The second kappa shape index (κ2) is 7.84. The molecule has 0 radical (unpaired) electrons. The molecular formula is C17H14NNaO3S. The molecule has 112 valence electrons. The van der Waals surface area contributed by atoms with Gasteiger partial charge in [0.1, 0.15) is 5.69 Å². The van der Waals surface area contributed by atoms with E-state index in [0.717, 1.165) is 11.1 Å². The van der Waals surface area contributed by atoms with Gasteiger partial charge >= 0.3 is 35.5 Å². The molecule has 0 aliphatic heterocycles. The third-order valence-corrected chi connectivity index (χ3v) is 3.64. The van der Waals surface area contributed by atoms with Crippen LogP contribution >= 0.6 is 12.6 Å². The van der Waals surface area contributed by atoms with E-state index in [0.29, 0.717) is 11.5 Å². The second-order valence-electron chi connectivity index (χ2n) is 4.70. The molecule has 2 aromatic carbocycles. The normalized spacial score (nSPS) is 11.5. The Bertz CT molecular complexity index is 733. The molecule has 0 fully saturated rings. The summed E-state index contributed by atoms with van der Waals surface area (Å²) >= 11 is 4.04. The van der Waals surface area contributed by atoms with Crippen molar-refractivity contribution in [3.05, 3.63) is 66.6 Å². The number of hydrogen-bond donors (Lipinski definition) is 2. The molecule has 4 nitrogen and oxygen atoms in total. The minimum atomic E-state index is -1.10. The zero-order valence-corrected chi connectivity index (χ0v) is 12.4. The van der Waals surface area contributed by atoms with Gasteiger partial charge in [-0.15, -0.1) is 0 Å². The Hall–Kier alpha value is -1.53. The minimum absolute atomic E-state index is 0. The third-order valence-electron chi connectivity index (χ3n) is 3.19. The van der Waals surface area contributed by atoms with Crippen LogP contribution in [0, 0.1) is 0 Å². The van der Waals surface area contributed by atoms with Gasteiger partial charge < -0.3 is 9.52 Å². The van der Waals surface area contributed by atoms with Crippen LogP contribution in [0.1, 0.15) is 11.1 Å². The molecule has 1 unspecified atom stereocenters. The van der Waals surface area contributed by atoms with Crippen LogP contribution in [-0.2, 0) is 4.79 Å². The van der Waals surface area contributed by atoms with E-state index < -0.39 is 11.2 Å². The zero-order valence-electron chi connectivity index (χ0n) is 11.5. The number of aromatic nitrogens is 1. The number of aliphatic carboxylic acids is 1. The molecule has 0 spiro atoms. The summed E-state index contributed by atoms with van der Waals surface area (Å²) in [7, 11) is 0. The molecule has 3 aromatic rings. The van der Waals surface area contributed by atoms with Crippen LogP contribution in [0.25, 0.3) is 22.6 Å². The summed E-state index contributed by atoms with van der Waals surface area (Å²) in [6.45, 7) is 0.